The van der Waals surface area contributed by atoms with Crippen LogP contribution in [0.5, 0.6) is 0 Å². The Morgan fingerprint density at radius 1 is 1.47 bits per heavy atom. The molecule has 2 rings (SSSR count). The number of nitrogens with zero attached hydrogens (tertiary/aromatic N) is 2. The maximum absolute atomic E-state index is 12.3. The highest BCUT2D eigenvalue weighted by Gasteiger charge is 2.21. The van der Waals surface area contributed by atoms with Gasteiger partial charge in [-0.05, 0) is 17.9 Å². The van der Waals surface area contributed by atoms with Crippen molar-refractivity contribution in [2.45, 2.75) is 19.9 Å². The van der Waals surface area contributed by atoms with Gasteiger partial charge in [-0.2, -0.15) is 5.10 Å². The van der Waals surface area contributed by atoms with Crippen LogP contribution in [-0.4, -0.2) is 15.6 Å². The maximum Gasteiger partial charge on any atom is 0.223 e. The Morgan fingerprint density at radius 2 is 2.24 bits per heavy atom. The number of thiophene rings is 1. The van der Waals surface area contributed by atoms with E-state index in [4.69, 9.17) is 23.2 Å². The normalized spacial score (nSPS) is 10.8. The third kappa shape index (κ3) is 2.39. The van der Waals surface area contributed by atoms with E-state index in [1.54, 1.807) is 16.1 Å². The summed E-state index contributed by atoms with van der Waals surface area (Å²) >= 11 is 13.3. The standard InChI is InChI=1S/C11H10Cl2N2OS/c1-2-4-15-9(8(13)6-14-15)10(16)11-7(12)3-5-17-11/h3,5-6H,2,4H2,1H3. The average Bonchev–Trinajstić information content (AvgIpc) is 2.86. The predicted octanol–water partition coefficient (Wildman–Crippen LogP) is 3.89. The van der Waals surface area contributed by atoms with Crippen LogP contribution in [0.4, 0.5) is 0 Å². The smallest absolute Gasteiger partial charge is 0.223 e. The van der Waals surface area contributed by atoms with Crippen molar-refractivity contribution in [3.05, 3.63) is 38.3 Å². The fraction of sp³-hybridized carbons (Fsp3) is 0.273. The van der Waals surface area contributed by atoms with Crippen LogP contribution in [0.15, 0.2) is 17.6 Å². The zero-order valence-electron chi connectivity index (χ0n) is 9.11. The summed E-state index contributed by atoms with van der Waals surface area (Å²) in [6, 6.07) is 1.70. The summed E-state index contributed by atoms with van der Waals surface area (Å²) in [5.74, 6) is -0.166. The number of halogens is 2. The van der Waals surface area contributed by atoms with E-state index in [-0.39, 0.29) is 5.78 Å². The van der Waals surface area contributed by atoms with Gasteiger partial charge in [-0.15, -0.1) is 11.3 Å². The van der Waals surface area contributed by atoms with Gasteiger partial charge in [-0.25, -0.2) is 0 Å². The van der Waals surface area contributed by atoms with E-state index in [2.05, 4.69) is 5.10 Å². The first-order valence-corrected chi connectivity index (χ1v) is 6.77. The van der Waals surface area contributed by atoms with Crippen LogP contribution < -0.4 is 0 Å². The fourth-order valence-corrected chi connectivity index (χ4v) is 2.84. The molecule has 0 amide bonds. The number of carbonyl (C=O) groups is 1. The lowest BCUT2D eigenvalue weighted by atomic mass is 10.2. The first kappa shape index (κ1) is 12.6. The SMILES string of the molecule is CCCn1ncc(Cl)c1C(=O)c1sccc1Cl. The van der Waals surface area contributed by atoms with Crippen molar-refractivity contribution in [2.75, 3.05) is 0 Å². The van der Waals surface area contributed by atoms with Gasteiger partial charge in [0.15, 0.2) is 0 Å². The molecule has 0 fully saturated rings. The number of aryl methyl sites for hydroxylation is 1. The molecule has 0 saturated carbocycles. The van der Waals surface area contributed by atoms with Gasteiger partial charge < -0.3 is 0 Å². The van der Waals surface area contributed by atoms with Gasteiger partial charge in [0.05, 0.1) is 21.1 Å². The molecule has 3 nitrogen and oxygen atoms in total. The zero-order chi connectivity index (χ0) is 12.4. The monoisotopic (exact) mass is 288 g/mol. The molecule has 0 aliphatic heterocycles. The van der Waals surface area contributed by atoms with E-state index in [0.717, 1.165) is 6.42 Å². The molecule has 17 heavy (non-hydrogen) atoms. The summed E-state index contributed by atoms with van der Waals surface area (Å²) in [5.41, 5.74) is 0.415. The molecular formula is C11H10Cl2N2OS. The largest absolute Gasteiger partial charge is 0.286 e. The van der Waals surface area contributed by atoms with Crippen LogP contribution in [0.2, 0.25) is 10.0 Å². The quantitative estimate of drug-likeness (QED) is 0.800. The van der Waals surface area contributed by atoms with Crippen molar-refractivity contribution in [3.63, 3.8) is 0 Å². The van der Waals surface area contributed by atoms with Crippen LogP contribution in [0.1, 0.15) is 28.7 Å². The van der Waals surface area contributed by atoms with Crippen LogP contribution >= 0.6 is 34.5 Å². The number of hydrogen-bond donors (Lipinski definition) is 0. The van der Waals surface area contributed by atoms with E-state index < -0.39 is 0 Å². The van der Waals surface area contributed by atoms with Gasteiger partial charge in [0.1, 0.15) is 5.69 Å². The highest BCUT2D eigenvalue weighted by atomic mass is 35.5. The lowest BCUT2D eigenvalue weighted by molar-refractivity contribution is 0.103. The zero-order valence-corrected chi connectivity index (χ0v) is 11.4. The highest BCUT2D eigenvalue weighted by molar-refractivity contribution is 7.13. The predicted molar refractivity (Wildman–Crippen MR) is 70.3 cm³/mol. The summed E-state index contributed by atoms with van der Waals surface area (Å²) in [4.78, 5) is 12.8. The minimum absolute atomic E-state index is 0.166. The molecule has 6 heteroatoms. The number of rotatable bonds is 4. The molecule has 2 aromatic rings. The summed E-state index contributed by atoms with van der Waals surface area (Å²) < 4.78 is 1.63. The summed E-state index contributed by atoms with van der Waals surface area (Å²) in [6.07, 6.45) is 2.38. The minimum atomic E-state index is -0.166. The third-order valence-electron chi connectivity index (χ3n) is 2.27. The lowest BCUT2D eigenvalue weighted by Crippen LogP contribution is -2.11. The molecule has 0 bridgehead atoms. The average molecular weight is 289 g/mol. The minimum Gasteiger partial charge on any atom is -0.286 e. The molecule has 0 aliphatic rings. The highest BCUT2D eigenvalue weighted by Crippen LogP contribution is 2.27. The van der Waals surface area contributed by atoms with Gasteiger partial charge >= 0.3 is 0 Å². The molecule has 0 atom stereocenters. The topological polar surface area (TPSA) is 34.9 Å². The molecule has 2 heterocycles. The molecule has 0 radical (unpaired) electrons. The van der Waals surface area contributed by atoms with Crippen molar-refractivity contribution >= 4 is 40.3 Å². The van der Waals surface area contributed by atoms with E-state index in [1.807, 2.05) is 6.92 Å². The van der Waals surface area contributed by atoms with Crippen molar-refractivity contribution in [3.8, 4) is 0 Å². The fourth-order valence-electron chi connectivity index (χ4n) is 1.53. The van der Waals surface area contributed by atoms with Gasteiger partial charge in [0, 0.05) is 6.54 Å². The molecule has 0 aromatic carbocycles. The van der Waals surface area contributed by atoms with Crippen LogP contribution in [-0.2, 0) is 6.54 Å². The van der Waals surface area contributed by atoms with Gasteiger partial charge in [0.2, 0.25) is 5.78 Å². The second kappa shape index (κ2) is 5.21. The third-order valence-corrected chi connectivity index (χ3v) is 3.89. The first-order valence-electron chi connectivity index (χ1n) is 5.14. The Labute approximate surface area is 113 Å². The maximum atomic E-state index is 12.3. The van der Waals surface area contributed by atoms with Crippen LogP contribution in [0.25, 0.3) is 0 Å². The Morgan fingerprint density at radius 3 is 2.82 bits per heavy atom. The second-order valence-corrected chi connectivity index (χ2v) is 5.22. The van der Waals surface area contributed by atoms with E-state index in [9.17, 15) is 4.79 Å². The van der Waals surface area contributed by atoms with Gasteiger partial charge in [0.25, 0.3) is 0 Å². The number of hydrogen-bond acceptors (Lipinski definition) is 3. The Hall–Kier alpha value is -0.840. The van der Waals surface area contributed by atoms with Crippen LogP contribution in [0.3, 0.4) is 0 Å². The Bertz CT molecular complexity index is 547. The van der Waals surface area contributed by atoms with Gasteiger partial charge in [-0.1, -0.05) is 30.1 Å². The number of aromatic nitrogens is 2. The molecule has 90 valence electrons. The Balaban J connectivity index is 2.43. The molecule has 0 aliphatic carbocycles. The van der Waals surface area contributed by atoms with Crippen molar-refractivity contribution < 1.29 is 4.79 Å². The second-order valence-electron chi connectivity index (χ2n) is 3.49. The van der Waals surface area contributed by atoms with Gasteiger partial charge in [-0.3, -0.25) is 9.48 Å². The number of ketones is 1. The summed E-state index contributed by atoms with van der Waals surface area (Å²) in [6.45, 7) is 2.68. The summed E-state index contributed by atoms with van der Waals surface area (Å²) in [5, 5.41) is 6.70. The molecule has 0 spiro atoms. The van der Waals surface area contributed by atoms with Crippen molar-refractivity contribution in [1.82, 2.24) is 9.78 Å². The van der Waals surface area contributed by atoms with E-state index in [0.29, 0.717) is 27.2 Å². The molecule has 0 saturated heterocycles. The molecular weight excluding hydrogens is 279 g/mol. The summed E-state index contributed by atoms with van der Waals surface area (Å²) in [7, 11) is 0. The first-order chi connectivity index (χ1) is 8.15. The van der Waals surface area contributed by atoms with E-state index in [1.165, 1.54) is 17.5 Å². The van der Waals surface area contributed by atoms with Crippen molar-refractivity contribution in [2.24, 2.45) is 0 Å². The Kier molecular flexibility index (Phi) is 3.86. The van der Waals surface area contributed by atoms with E-state index >= 15 is 0 Å². The van der Waals surface area contributed by atoms with Crippen LogP contribution in [0, 0.1) is 0 Å². The lowest BCUT2D eigenvalue weighted by Gasteiger charge is -2.04. The molecule has 2 aromatic heterocycles. The molecule has 0 unspecified atom stereocenters. The molecule has 0 N–H and O–H groups in total. The number of carbonyl (C=O) groups excluding carboxylic acids is 1. The van der Waals surface area contributed by atoms with Crippen molar-refractivity contribution in [1.29, 1.82) is 0 Å².